The minimum atomic E-state index is -0.308. The van der Waals surface area contributed by atoms with E-state index in [4.69, 9.17) is 12.2 Å². The second kappa shape index (κ2) is 8.67. The number of nitrogens with zero attached hydrogens (tertiary/aromatic N) is 2. The Balaban J connectivity index is 1.55. The molecular weight excluding hydrogens is 394 g/mol. The van der Waals surface area contributed by atoms with Crippen molar-refractivity contribution in [3.63, 3.8) is 0 Å². The summed E-state index contributed by atoms with van der Waals surface area (Å²) in [6.45, 7) is 2.01. The minimum Gasteiger partial charge on any atom is -0.331 e. The van der Waals surface area contributed by atoms with Crippen molar-refractivity contribution in [1.82, 2.24) is 20.8 Å². The highest BCUT2D eigenvalue weighted by atomic mass is 32.1. The van der Waals surface area contributed by atoms with E-state index < -0.39 is 0 Å². The van der Waals surface area contributed by atoms with Crippen LogP contribution in [-0.4, -0.2) is 21.0 Å². The van der Waals surface area contributed by atoms with E-state index in [0.29, 0.717) is 16.4 Å². The van der Waals surface area contributed by atoms with E-state index in [1.54, 1.807) is 18.5 Å². The molecule has 3 N–H and O–H groups in total. The molecule has 0 aliphatic rings. The van der Waals surface area contributed by atoms with Gasteiger partial charge in [-0.2, -0.15) is 0 Å². The van der Waals surface area contributed by atoms with Gasteiger partial charge in [0, 0.05) is 29.0 Å². The van der Waals surface area contributed by atoms with Gasteiger partial charge < -0.3 is 5.32 Å². The Labute approximate surface area is 179 Å². The predicted molar refractivity (Wildman–Crippen MR) is 123 cm³/mol. The van der Waals surface area contributed by atoms with Gasteiger partial charge in [-0.05, 0) is 55.5 Å². The Kier molecular flexibility index (Phi) is 5.63. The molecule has 4 rings (SSSR count). The molecular formula is C23H19N5OS. The lowest BCUT2D eigenvalue weighted by Crippen LogP contribution is -2.43. The molecule has 0 saturated carbocycles. The van der Waals surface area contributed by atoms with Crippen LogP contribution in [0, 0.1) is 6.92 Å². The first-order valence-corrected chi connectivity index (χ1v) is 9.75. The molecule has 2 aromatic heterocycles. The number of rotatable bonds is 3. The first kappa shape index (κ1) is 19.5. The number of hydrogen-bond acceptors (Lipinski definition) is 4. The summed E-state index contributed by atoms with van der Waals surface area (Å²) in [5.74, 6) is -0.308. The topological polar surface area (TPSA) is 78.9 Å². The molecule has 4 aromatic rings. The number of carbonyl (C=O) groups is 1. The monoisotopic (exact) mass is 413 g/mol. The van der Waals surface area contributed by atoms with Gasteiger partial charge in [-0.3, -0.25) is 20.6 Å². The third-order valence-corrected chi connectivity index (χ3v) is 4.74. The second-order valence-electron chi connectivity index (χ2n) is 6.71. The summed E-state index contributed by atoms with van der Waals surface area (Å²) < 4.78 is 0. The first-order valence-electron chi connectivity index (χ1n) is 9.34. The van der Waals surface area contributed by atoms with Crippen molar-refractivity contribution in [2.45, 2.75) is 6.92 Å². The lowest BCUT2D eigenvalue weighted by molar-refractivity contribution is 0.0946. The van der Waals surface area contributed by atoms with Crippen LogP contribution >= 0.6 is 12.2 Å². The van der Waals surface area contributed by atoms with Crippen molar-refractivity contribution in [2.75, 3.05) is 5.32 Å². The van der Waals surface area contributed by atoms with Gasteiger partial charge in [-0.25, -0.2) is 4.98 Å². The summed E-state index contributed by atoms with van der Waals surface area (Å²) in [4.78, 5) is 21.7. The van der Waals surface area contributed by atoms with E-state index in [-0.39, 0.29) is 5.91 Å². The number of para-hydroxylation sites is 1. The molecule has 7 heteroatoms. The standard InChI is InChI=1S/C23H19N5OS/c1-15-6-8-17(9-7-15)25-23(30)28-27-22(29)19-14-21(16-10-12-24-13-11-16)26-20-5-3-2-4-18(19)20/h2-14H,1H3,(H,27,29)(H2,25,28,30). The molecule has 148 valence electrons. The number of thiocarbonyl (C=S) groups is 1. The number of nitrogens with one attached hydrogen (secondary N) is 3. The van der Waals surface area contributed by atoms with Gasteiger partial charge in [0.05, 0.1) is 16.8 Å². The smallest absolute Gasteiger partial charge is 0.270 e. The van der Waals surface area contributed by atoms with Crippen LogP contribution in [0.1, 0.15) is 15.9 Å². The highest BCUT2D eigenvalue weighted by molar-refractivity contribution is 7.80. The number of amides is 1. The van der Waals surface area contributed by atoms with E-state index >= 15 is 0 Å². The van der Waals surface area contributed by atoms with Gasteiger partial charge in [0.1, 0.15) is 0 Å². The van der Waals surface area contributed by atoms with Gasteiger partial charge in [0.25, 0.3) is 5.91 Å². The predicted octanol–water partition coefficient (Wildman–Crippen LogP) is 4.24. The summed E-state index contributed by atoms with van der Waals surface area (Å²) in [5.41, 5.74) is 10.2. The maximum absolute atomic E-state index is 12.9. The van der Waals surface area contributed by atoms with Gasteiger partial charge in [-0.15, -0.1) is 0 Å². The number of hydrazine groups is 1. The lowest BCUT2D eigenvalue weighted by Gasteiger charge is -2.13. The molecule has 6 nitrogen and oxygen atoms in total. The van der Waals surface area contributed by atoms with E-state index in [1.807, 2.05) is 67.6 Å². The molecule has 2 heterocycles. The van der Waals surface area contributed by atoms with Gasteiger partial charge in [-0.1, -0.05) is 35.9 Å². The van der Waals surface area contributed by atoms with Crippen molar-refractivity contribution < 1.29 is 4.79 Å². The number of fused-ring (bicyclic) bond motifs is 1. The zero-order valence-corrected chi connectivity index (χ0v) is 17.0. The molecule has 0 aliphatic carbocycles. The van der Waals surface area contributed by atoms with Crippen molar-refractivity contribution in [3.05, 3.63) is 90.3 Å². The summed E-state index contributed by atoms with van der Waals surface area (Å²) in [6, 6.07) is 20.8. The molecule has 30 heavy (non-hydrogen) atoms. The lowest BCUT2D eigenvalue weighted by atomic mass is 10.0. The fourth-order valence-corrected chi connectivity index (χ4v) is 3.18. The minimum absolute atomic E-state index is 0.292. The third-order valence-electron chi connectivity index (χ3n) is 4.54. The van der Waals surface area contributed by atoms with E-state index in [2.05, 4.69) is 26.1 Å². The van der Waals surface area contributed by atoms with Crippen LogP contribution in [0.5, 0.6) is 0 Å². The maximum Gasteiger partial charge on any atom is 0.270 e. The Morgan fingerprint density at radius 1 is 0.933 bits per heavy atom. The van der Waals surface area contributed by atoms with Crippen LogP contribution in [0.15, 0.2) is 79.1 Å². The fraction of sp³-hybridized carbons (Fsp3) is 0.0435. The van der Waals surface area contributed by atoms with E-state index in [9.17, 15) is 4.79 Å². The van der Waals surface area contributed by atoms with Crippen LogP contribution < -0.4 is 16.2 Å². The summed E-state index contributed by atoms with van der Waals surface area (Å²) in [5, 5.41) is 4.08. The molecule has 0 radical (unpaired) electrons. The number of aromatic nitrogens is 2. The molecule has 0 fully saturated rings. The normalized spacial score (nSPS) is 10.4. The van der Waals surface area contributed by atoms with Gasteiger partial charge in [0.15, 0.2) is 5.11 Å². The molecule has 0 saturated heterocycles. The maximum atomic E-state index is 12.9. The average Bonchev–Trinajstić information content (AvgIpc) is 2.79. The number of hydrogen-bond donors (Lipinski definition) is 3. The molecule has 0 atom stereocenters. The van der Waals surface area contributed by atoms with Crippen LogP contribution in [0.3, 0.4) is 0 Å². The number of pyridine rings is 2. The van der Waals surface area contributed by atoms with Crippen LogP contribution in [0.25, 0.3) is 22.2 Å². The summed E-state index contributed by atoms with van der Waals surface area (Å²) in [7, 11) is 0. The molecule has 0 spiro atoms. The second-order valence-corrected chi connectivity index (χ2v) is 7.12. The number of anilines is 1. The average molecular weight is 414 g/mol. The Morgan fingerprint density at radius 2 is 1.67 bits per heavy atom. The third kappa shape index (κ3) is 4.42. The highest BCUT2D eigenvalue weighted by Gasteiger charge is 2.14. The Hall–Kier alpha value is -3.84. The van der Waals surface area contributed by atoms with Crippen molar-refractivity contribution in [2.24, 2.45) is 0 Å². The molecule has 1 amide bonds. The van der Waals surface area contributed by atoms with Gasteiger partial charge >= 0.3 is 0 Å². The number of carbonyl (C=O) groups excluding carboxylic acids is 1. The van der Waals surface area contributed by atoms with Crippen molar-refractivity contribution in [1.29, 1.82) is 0 Å². The zero-order valence-electron chi connectivity index (χ0n) is 16.2. The number of aryl methyl sites for hydroxylation is 1. The van der Waals surface area contributed by atoms with Gasteiger partial charge in [0.2, 0.25) is 0 Å². The van der Waals surface area contributed by atoms with Crippen LogP contribution in [-0.2, 0) is 0 Å². The number of benzene rings is 2. The fourth-order valence-electron chi connectivity index (χ4n) is 3.01. The Morgan fingerprint density at radius 3 is 2.43 bits per heavy atom. The summed E-state index contributed by atoms with van der Waals surface area (Å²) in [6.07, 6.45) is 3.39. The van der Waals surface area contributed by atoms with Crippen LogP contribution in [0.4, 0.5) is 5.69 Å². The summed E-state index contributed by atoms with van der Waals surface area (Å²) >= 11 is 5.28. The molecule has 0 unspecified atom stereocenters. The van der Waals surface area contributed by atoms with Crippen LogP contribution in [0.2, 0.25) is 0 Å². The Bertz CT molecular complexity index is 1210. The van der Waals surface area contributed by atoms with Crippen molar-refractivity contribution >= 4 is 39.8 Å². The first-order chi connectivity index (χ1) is 14.6. The molecule has 0 aliphatic heterocycles. The highest BCUT2D eigenvalue weighted by Crippen LogP contribution is 2.24. The molecule has 0 bridgehead atoms. The quantitative estimate of drug-likeness (QED) is 0.344. The van der Waals surface area contributed by atoms with E-state index in [1.165, 1.54) is 0 Å². The van der Waals surface area contributed by atoms with Crippen molar-refractivity contribution in [3.8, 4) is 11.3 Å². The zero-order chi connectivity index (χ0) is 20.9. The largest absolute Gasteiger partial charge is 0.331 e. The molecule has 2 aromatic carbocycles. The van der Waals surface area contributed by atoms with E-state index in [0.717, 1.165) is 27.7 Å². The SMILES string of the molecule is Cc1ccc(NC(=S)NNC(=O)c2cc(-c3ccncc3)nc3ccccc23)cc1.